The van der Waals surface area contributed by atoms with Crippen LogP contribution in [0.2, 0.25) is 0 Å². The van der Waals surface area contributed by atoms with Crippen molar-refractivity contribution in [3.05, 3.63) is 71.8 Å². The maximum atomic E-state index is 6.79. The van der Waals surface area contributed by atoms with Crippen molar-refractivity contribution in [2.75, 3.05) is 13.1 Å². The molecular formula is C19H23ClN2. The lowest BCUT2D eigenvalue weighted by Crippen LogP contribution is -2.37. The van der Waals surface area contributed by atoms with E-state index in [0.717, 1.165) is 13.1 Å². The summed E-state index contributed by atoms with van der Waals surface area (Å²) < 4.78 is 0. The van der Waals surface area contributed by atoms with Crippen molar-refractivity contribution in [3.63, 3.8) is 0 Å². The van der Waals surface area contributed by atoms with Crippen molar-refractivity contribution in [1.29, 1.82) is 0 Å². The van der Waals surface area contributed by atoms with Crippen molar-refractivity contribution in [2.45, 2.75) is 31.6 Å². The van der Waals surface area contributed by atoms with Crippen LogP contribution in [0.1, 0.15) is 37.1 Å². The van der Waals surface area contributed by atoms with Gasteiger partial charge in [-0.25, -0.2) is 0 Å². The SMILES string of the molecule is C[C@@H](c1ccccc1)N1CCN([C@@H](C)c2ccccc2)C1Cl. The normalized spacial score (nSPS) is 20.1. The molecule has 116 valence electrons. The van der Waals surface area contributed by atoms with Crippen molar-refractivity contribution < 1.29 is 0 Å². The molecule has 3 rings (SSSR count). The number of halogens is 1. The molecule has 0 unspecified atom stereocenters. The molecule has 2 nitrogen and oxygen atoms in total. The van der Waals surface area contributed by atoms with E-state index in [1.807, 2.05) is 0 Å². The number of nitrogens with zero attached hydrogens (tertiary/aromatic N) is 2. The van der Waals surface area contributed by atoms with E-state index >= 15 is 0 Å². The first-order chi connectivity index (χ1) is 10.7. The lowest BCUT2D eigenvalue weighted by molar-refractivity contribution is 0.140. The Bertz CT molecular complexity index is 533. The van der Waals surface area contributed by atoms with Crippen LogP contribution in [0.15, 0.2) is 60.7 Å². The van der Waals surface area contributed by atoms with E-state index in [9.17, 15) is 0 Å². The molecule has 2 aromatic rings. The zero-order valence-corrected chi connectivity index (χ0v) is 13.9. The van der Waals surface area contributed by atoms with Crippen LogP contribution in [0.3, 0.4) is 0 Å². The molecule has 1 saturated heterocycles. The molecule has 0 spiro atoms. The Kier molecular flexibility index (Phi) is 4.82. The second-order valence-corrected chi connectivity index (χ2v) is 6.35. The van der Waals surface area contributed by atoms with Crippen LogP contribution < -0.4 is 0 Å². The van der Waals surface area contributed by atoms with Gasteiger partial charge in [0.1, 0.15) is 5.62 Å². The van der Waals surface area contributed by atoms with Crippen molar-refractivity contribution >= 4 is 11.6 Å². The molecule has 0 N–H and O–H groups in total. The first-order valence-electron chi connectivity index (χ1n) is 7.94. The Morgan fingerprint density at radius 2 is 1.14 bits per heavy atom. The summed E-state index contributed by atoms with van der Waals surface area (Å²) in [4.78, 5) is 4.74. The third-order valence-electron chi connectivity index (χ3n) is 4.72. The summed E-state index contributed by atoms with van der Waals surface area (Å²) in [7, 11) is 0. The molecule has 1 heterocycles. The van der Waals surface area contributed by atoms with E-state index in [1.54, 1.807) is 0 Å². The molecule has 0 amide bonds. The largest absolute Gasteiger partial charge is 0.267 e. The quantitative estimate of drug-likeness (QED) is 0.599. The number of alkyl halides is 1. The van der Waals surface area contributed by atoms with E-state index in [-0.39, 0.29) is 5.62 Å². The maximum Gasteiger partial charge on any atom is 0.141 e. The third-order valence-corrected chi connectivity index (χ3v) is 5.22. The third kappa shape index (κ3) is 3.05. The molecule has 0 bridgehead atoms. The van der Waals surface area contributed by atoms with Gasteiger partial charge in [0.15, 0.2) is 0 Å². The lowest BCUT2D eigenvalue weighted by Gasteiger charge is -2.33. The van der Waals surface area contributed by atoms with Crippen molar-refractivity contribution in [1.82, 2.24) is 9.80 Å². The van der Waals surface area contributed by atoms with Gasteiger partial charge in [0.05, 0.1) is 0 Å². The Balaban J connectivity index is 1.73. The standard InChI is InChI=1S/C19H23ClN2/c1-15(17-9-5-3-6-10-17)21-13-14-22(19(21)20)16(2)18-11-7-4-8-12-18/h3-12,15-16,19H,13-14H2,1-2H3/t15-,16-/m0/s1. The molecule has 22 heavy (non-hydrogen) atoms. The predicted molar refractivity (Wildman–Crippen MR) is 92.8 cm³/mol. The second-order valence-electron chi connectivity index (χ2n) is 5.96. The Morgan fingerprint density at radius 1 is 0.773 bits per heavy atom. The van der Waals surface area contributed by atoms with E-state index < -0.39 is 0 Å². The summed E-state index contributed by atoms with van der Waals surface area (Å²) in [6.45, 7) is 6.48. The molecule has 0 radical (unpaired) electrons. The number of hydrogen-bond acceptors (Lipinski definition) is 2. The van der Waals surface area contributed by atoms with E-state index in [2.05, 4.69) is 84.3 Å². The van der Waals surface area contributed by atoms with Crippen LogP contribution in [0, 0.1) is 0 Å². The van der Waals surface area contributed by atoms with E-state index in [4.69, 9.17) is 11.6 Å². The minimum atomic E-state index is -0.0644. The summed E-state index contributed by atoms with van der Waals surface area (Å²) in [5, 5.41) is 0. The van der Waals surface area contributed by atoms with E-state index in [0.29, 0.717) is 12.1 Å². The fourth-order valence-corrected chi connectivity index (χ4v) is 3.77. The molecular weight excluding hydrogens is 292 g/mol. The highest BCUT2D eigenvalue weighted by Gasteiger charge is 2.36. The summed E-state index contributed by atoms with van der Waals surface area (Å²) in [6.07, 6.45) is 0. The number of benzene rings is 2. The van der Waals surface area contributed by atoms with Crippen LogP contribution in [-0.2, 0) is 0 Å². The van der Waals surface area contributed by atoms with Crippen LogP contribution in [-0.4, -0.2) is 28.5 Å². The first-order valence-corrected chi connectivity index (χ1v) is 8.37. The minimum Gasteiger partial charge on any atom is -0.267 e. The van der Waals surface area contributed by atoms with Gasteiger partial charge >= 0.3 is 0 Å². The molecule has 0 saturated carbocycles. The van der Waals surface area contributed by atoms with Gasteiger partial charge in [-0.1, -0.05) is 72.3 Å². The zero-order chi connectivity index (χ0) is 15.5. The molecule has 2 aromatic carbocycles. The highest BCUT2D eigenvalue weighted by molar-refractivity contribution is 6.20. The Hall–Kier alpha value is -1.35. The Morgan fingerprint density at radius 3 is 1.50 bits per heavy atom. The average Bonchev–Trinajstić information content (AvgIpc) is 2.96. The zero-order valence-electron chi connectivity index (χ0n) is 13.2. The molecule has 0 aromatic heterocycles. The smallest absolute Gasteiger partial charge is 0.141 e. The molecule has 3 heteroatoms. The average molecular weight is 315 g/mol. The van der Waals surface area contributed by atoms with Gasteiger partial charge in [-0.05, 0) is 25.0 Å². The van der Waals surface area contributed by atoms with E-state index in [1.165, 1.54) is 11.1 Å². The van der Waals surface area contributed by atoms with Gasteiger partial charge in [0, 0.05) is 25.2 Å². The molecule has 1 fully saturated rings. The topological polar surface area (TPSA) is 6.48 Å². The van der Waals surface area contributed by atoms with Gasteiger partial charge in [-0.3, -0.25) is 9.80 Å². The monoisotopic (exact) mass is 314 g/mol. The molecule has 1 aliphatic rings. The van der Waals surface area contributed by atoms with Gasteiger partial charge in [-0.15, -0.1) is 0 Å². The predicted octanol–water partition coefficient (Wildman–Crippen LogP) is 4.65. The number of rotatable bonds is 4. The summed E-state index contributed by atoms with van der Waals surface area (Å²) in [5.41, 5.74) is 2.58. The van der Waals surface area contributed by atoms with Gasteiger partial charge in [0.25, 0.3) is 0 Å². The molecule has 2 atom stereocenters. The summed E-state index contributed by atoms with van der Waals surface area (Å²) >= 11 is 6.79. The fourth-order valence-electron chi connectivity index (χ4n) is 3.24. The summed E-state index contributed by atoms with van der Waals surface area (Å²) in [5.74, 6) is 0. The Labute approximate surface area is 138 Å². The van der Waals surface area contributed by atoms with Gasteiger partial charge < -0.3 is 0 Å². The highest BCUT2D eigenvalue weighted by atomic mass is 35.5. The molecule has 1 aliphatic heterocycles. The lowest BCUT2D eigenvalue weighted by atomic mass is 10.1. The van der Waals surface area contributed by atoms with Crippen molar-refractivity contribution in [2.24, 2.45) is 0 Å². The van der Waals surface area contributed by atoms with Crippen molar-refractivity contribution in [3.8, 4) is 0 Å². The maximum absolute atomic E-state index is 6.79. The second kappa shape index (κ2) is 6.82. The molecule has 0 aliphatic carbocycles. The first kappa shape index (κ1) is 15.5. The van der Waals surface area contributed by atoms with Crippen LogP contribution in [0.5, 0.6) is 0 Å². The van der Waals surface area contributed by atoms with Crippen LogP contribution in [0.4, 0.5) is 0 Å². The fraction of sp³-hybridized carbons (Fsp3) is 0.368. The highest BCUT2D eigenvalue weighted by Crippen LogP contribution is 2.34. The van der Waals surface area contributed by atoms with Gasteiger partial charge in [-0.2, -0.15) is 0 Å². The van der Waals surface area contributed by atoms with Crippen LogP contribution >= 0.6 is 11.6 Å². The number of hydrogen-bond donors (Lipinski definition) is 0. The van der Waals surface area contributed by atoms with Crippen LogP contribution in [0.25, 0.3) is 0 Å². The van der Waals surface area contributed by atoms with Gasteiger partial charge in [0.2, 0.25) is 0 Å². The minimum absolute atomic E-state index is 0.0644. The summed E-state index contributed by atoms with van der Waals surface area (Å²) in [6, 6.07) is 21.9.